The molecule has 1 aliphatic rings. The molecule has 0 bridgehead atoms. The van der Waals surface area contributed by atoms with Gasteiger partial charge in [-0.25, -0.2) is 0 Å². The second-order valence-corrected chi connectivity index (χ2v) is 5.76. The molecule has 0 spiro atoms. The normalized spacial score (nSPS) is 20.7. The lowest BCUT2D eigenvalue weighted by Gasteiger charge is -2.36. The number of carbonyl (C=O) groups excluding carboxylic acids is 1. The zero-order chi connectivity index (χ0) is 16.5. The number of likely N-dealkylation sites (tertiary alicyclic amines) is 1. The molecule has 1 unspecified atom stereocenters. The highest BCUT2D eigenvalue weighted by atomic mass is 16.1. The number of nitrogens with one attached hydrogen (secondary N) is 1. The molecular weight excluding hydrogens is 284 g/mol. The van der Waals surface area contributed by atoms with Crippen molar-refractivity contribution in [3.8, 4) is 0 Å². The Kier molecular flexibility index (Phi) is 6.82. The number of rotatable bonds is 6. The van der Waals surface area contributed by atoms with Crippen LogP contribution in [0.15, 0.2) is 66.8 Å². The Labute approximate surface area is 139 Å². The molecule has 23 heavy (non-hydrogen) atoms. The number of amides is 1. The summed E-state index contributed by atoms with van der Waals surface area (Å²) in [5.41, 5.74) is 2.16. The lowest BCUT2D eigenvalue weighted by atomic mass is 9.96. The Morgan fingerprint density at radius 1 is 1.35 bits per heavy atom. The van der Waals surface area contributed by atoms with E-state index in [-0.39, 0.29) is 5.91 Å². The summed E-state index contributed by atoms with van der Waals surface area (Å²) in [6, 6.07) is 9.76. The highest BCUT2D eigenvalue weighted by Crippen LogP contribution is 2.22. The molecule has 122 valence electrons. The summed E-state index contributed by atoms with van der Waals surface area (Å²) in [6.45, 7) is 8.62. The average Bonchev–Trinajstić information content (AvgIpc) is 2.60. The van der Waals surface area contributed by atoms with Gasteiger partial charge in [-0.15, -0.1) is 0 Å². The zero-order valence-corrected chi connectivity index (χ0v) is 13.9. The third-order valence-corrected chi connectivity index (χ3v) is 4.25. The van der Waals surface area contributed by atoms with Crippen LogP contribution in [0.1, 0.15) is 30.1 Å². The summed E-state index contributed by atoms with van der Waals surface area (Å²) in [5.74, 6) is 0.00399. The van der Waals surface area contributed by atoms with Crippen molar-refractivity contribution in [1.29, 1.82) is 0 Å². The van der Waals surface area contributed by atoms with Gasteiger partial charge >= 0.3 is 0 Å². The molecule has 3 nitrogen and oxygen atoms in total. The fourth-order valence-corrected chi connectivity index (χ4v) is 2.94. The van der Waals surface area contributed by atoms with Gasteiger partial charge in [-0.3, -0.25) is 9.69 Å². The minimum Gasteiger partial charge on any atom is -0.350 e. The molecule has 0 saturated carbocycles. The molecule has 3 heteroatoms. The number of piperidine rings is 1. The molecule has 2 rings (SSSR count). The Hall–Kier alpha value is -2.13. The van der Waals surface area contributed by atoms with Crippen LogP contribution in [-0.2, 0) is 0 Å². The van der Waals surface area contributed by atoms with Crippen LogP contribution >= 0.6 is 0 Å². The topological polar surface area (TPSA) is 32.3 Å². The van der Waals surface area contributed by atoms with Crippen molar-refractivity contribution < 1.29 is 4.79 Å². The van der Waals surface area contributed by atoms with Crippen LogP contribution in [0, 0.1) is 0 Å². The van der Waals surface area contributed by atoms with E-state index in [0.717, 1.165) is 31.5 Å². The van der Waals surface area contributed by atoms with E-state index in [2.05, 4.69) is 29.8 Å². The molecule has 1 fully saturated rings. The Morgan fingerprint density at radius 2 is 2.13 bits per heavy atom. The van der Waals surface area contributed by atoms with Crippen molar-refractivity contribution >= 4 is 5.91 Å². The molecule has 1 heterocycles. The zero-order valence-electron chi connectivity index (χ0n) is 13.9. The lowest BCUT2D eigenvalue weighted by molar-refractivity contribution is 0.0928. The van der Waals surface area contributed by atoms with Gasteiger partial charge in [0.25, 0.3) is 5.91 Å². The first-order valence-corrected chi connectivity index (χ1v) is 8.29. The molecular formula is C20H26N2O. The molecule has 0 radical (unpaired) electrons. The van der Waals surface area contributed by atoms with Crippen LogP contribution in [0.5, 0.6) is 0 Å². The van der Waals surface area contributed by atoms with Crippen molar-refractivity contribution in [2.24, 2.45) is 0 Å². The standard InChI is InChI=1S/C20H26N2O/c1-3-5-7-10-17-13-14-22(4-2)19(15-17)16-21-20(23)18-11-8-6-9-12-18/h3,5-12,19H,1,4,13-16H2,2H3,(H,21,23)/b7-5-,17-10-. The molecule has 1 N–H and O–H groups in total. The van der Waals surface area contributed by atoms with Crippen LogP contribution in [-0.4, -0.2) is 36.5 Å². The summed E-state index contributed by atoms with van der Waals surface area (Å²) in [7, 11) is 0. The maximum Gasteiger partial charge on any atom is 0.251 e. The van der Waals surface area contributed by atoms with Gasteiger partial charge in [0.15, 0.2) is 0 Å². The van der Waals surface area contributed by atoms with Gasteiger partial charge in [-0.05, 0) is 31.5 Å². The van der Waals surface area contributed by atoms with Crippen molar-refractivity contribution in [3.05, 3.63) is 72.4 Å². The fourth-order valence-electron chi connectivity index (χ4n) is 2.94. The van der Waals surface area contributed by atoms with Crippen molar-refractivity contribution in [2.75, 3.05) is 19.6 Å². The maximum atomic E-state index is 12.2. The molecule has 1 aromatic rings. The van der Waals surface area contributed by atoms with Crippen LogP contribution in [0.2, 0.25) is 0 Å². The van der Waals surface area contributed by atoms with Crippen LogP contribution < -0.4 is 5.32 Å². The van der Waals surface area contributed by atoms with E-state index in [1.165, 1.54) is 5.57 Å². The van der Waals surface area contributed by atoms with Crippen LogP contribution in [0.3, 0.4) is 0 Å². The van der Waals surface area contributed by atoms with E-state index in [0.29, 0.717) is 12.6 Å². The number of likely N-dealkylation sites (N-methyl/N-ethyl adjacent to an activating group) is 1. The SMILES string of the molecule is C=C/C=C\C=C1\CCN(CC)C(CNC(=O)c2ccccc2)C1. The molecule has 0 aromatic heterocycles. The largest absolute Gasteiger partial charge is 0.350 e. The van der Waals surface area contributed by atoms with E-state index < -0.39 is 0 Å². The first-order chi connectivity index (χ1) is 11.2. The van der Waals surface area contributed by atoms with E-state index in [9.17, 15) is 4.79 Å². The Balaban J connectivity index is 1.94. The number of carbonyl (C=O) groups is 1. The number of benzene rings is 1. The molecule has 1 saturated heterocycles. The number of nitrogens with zero attached hydrogens (tertiary/aromatic N) is 1. The van der Waals surface area contributed by atoms with Gasteiger partial charge in [0.1, 0.15) is 0 Å². The maximum absolute atomic E-state index is 12.2. The van der Waals surface area contributed by atoms with E-state index in [4.69, 9.17) is 0 Å². The first kappa shape index (κ1) is 17.2. The van der Waals surface area contributed by atoms with Gasteiger partial charge in [0, 0.05) is 24.7 Å². The Bertz CT molecular complexity index is 575. The van der Waals surface area contributed by atoms with Crippen LogP contribution in [0.4, 0.5) is 0 Å². The van der Waals surface area contributed by atoms with Crippen molar-refractivity contribution in [3.63, 3.8) is 0 Å². The smallest absolute Gasteiger partial charge is 0.251 e. The van der Waals surface area contributed by atoms with Gasteiger partial charge in [0.05, 0.1) is 0 Å². The van der Waals surface area contributed by atoms with E-state index >= 15 is 0 Å². The summed E-state index contributed by atoms with van der Waals surface area (Å²) in [6.07, 6.45) is 10.1. The monoisotopic (exact) mass is 310 g/mol. The molecule has 1 aromatic carbocycles. The minimum atomic E-state index is 0.00399. The van der Waals surface area contributed by atoms with Gasteiger partial charge in [-0.1, -0.05) is 61.6 Å². The molecule has 1 atom stereocenters. The summed E-state index contributed by atoms with van der Waals surface area (Å²) in [4.78, 5) is 14.7. The fraction of sp³-hybridized carbons (Fsp3) is 0.350. The molecule has 0 aliphatic carbocycles. The number of hydrogen-bond donors (Lipinski definition) is 1. The van der Waals surface area contributed by atoms with Crippen LogP contribution in [0.25, 0.3) is 0 Å². The highest BCUT2D eigenvalue weighted by Gasteiger charge is 2.23. The third-order valence-electron chi connectivity index (χ3n) is 4.25. The van der Waals surface area contributed by atoms with Gasteiger partial charge in [-0.2, -0.15) is 0 Å². The number of hydrogen-bond acceptors (Lipinski definition) is 2. The molecule has 1 amide bonds. The lowest BCUT2D eigenvalue weighted by Crippen LogP contribution is -2.47. The summed E-state index contributed by atoms with van der Waals surface area (Å²) < 4.78 is 0. The predicted octanol–water partition coefficient (Wildman–Crippen LogP) is 3.57. The highest BCUT2D eigenvalue weighted by molar-refractivity contribution is 5.94. The quantitative estimate of drug-likeness (QED) is 0.815. The Morgan fingerprint density at radius 3 is 2.83 bits per heavy atom. The number of allylic oxidation sites excluding steroid dienone is 4. The van der Waals surface area contributed by atoms with E-state index in [1.54, 1.807) is 6.08 Å². The second-order valence-electron chi connectivity index (χ2n) is 5.76. The van der Waals surface area contributed by atoms with Gasteiger partial charge in [0.2, 0.25) is 0 Å². The van der Waals surface area contributed by atoms with Crippen molar-refractivity contribution in [1.82, 2.24) is 10.2 Å². The average molecular weight is 310 g/mol. The van der Waals surface area contributed by atoms with Gasteiger partial charge < -0.3 is 5.32 Å². The summed E-state index contributed by atoms with van der Waals surface area (Å²) >= 11 is 0. The van der Waals surface area contributed by atoms with Crippen molar-refractivity contribution in [2.45, 2.75) is 25.8 Å². The minimum absolute atomic E-state index is 0.00399. The second kappa shape index (κ2) is 9.11. The first-order valence-electron chi connectivity index (χ1n) is 8.29. The summed E-state index contributed by atoms with van der Waals surface area (Å²) in [5, 5.41) is 3.08. The third kappa shape index (κ3) is 5.22. The predicted molar refractivity (Wildman–Crippen MR) is 96.5 cm³/mol. The molecule has 1 aliphatic heterocycles. The van der Waals surface area contributed by atoms with E-state index in [1.807, 2.05) is 42.5 Å².